The number of H-pyrrole nitrogens is 1. The van der Waals surface area contributed by atoms with Crippen LogP contribution in [0.25, 0.3) is 11.0 Å². The molecule has 1 saturated heterocycles. The average molecular weight is 561 g/mol. The summed E-state index contributed by atoms with van der Waals surface area (Å²) in [6.07, 6.45) is 1.33. The molecule has 1 fully saturated rings. The Labute approximate surface area is 234 Å². The van der Waals surface area contributed by atoms with E-state index in [4.69, 9.17) is 9.16 Å². The minimum absolute atomic E-state index is 0.165. The van der Waals surface area contributed by atoms with E-state index in [2.05, 4.69) is 65.1 Å². The number of ether oxygens (including phenoxy) is 1. The second-order valence-corrected chi connectivity index (χ2v) is 15.6. The van der Waals surface area contributed by atoms with E-state index in [-0.39, 0.29) is 29.6 Å². The highest BCUT2D eigenvalue weighted by atomic mass is 28.4. The third-order valence-corrected chi connectivity index (χ3v) is 12.2. The molecule has 0 spiro atoms. The fourth-order valence-corrected chi connectivity index (χ4v) is 9.92. The van der Waals surface area contributed by atoms with Crippen molar-refractivity contribution < 1.29 is 14.3 Å². The number of hydrogen-bond acceptors (Lipinski definition) is 7. The van der Waals surface area contributed by atoms with Crippen LogP contribution in [0.1, 0.15) is 33.4 Å². The number of hydrogen-bond donors (Lipinski definition) is 2. The Morgan fingerprint density at radius 2 is 1.77 bits per heavy atom. The number of benzene rings is 2. The van der Waals surface area contributed by atoms with E-state index >= 15 is 0 Å². The van der Waals surface area contributed by atoms with E-state index in [1.165, 1.54) is 6.20 Å². The van der Waals surface area contributed by atoms with E-state index in [0.717, 1.165) is 10.4 Å². The van der Waals surface area contributed by atoms with Gasteiger partial charge in [0.25, 0.3) is 13.9 Å². The summed E-state index contributed by atoms with van der Waals surface area (Å²) in [4.78, 5) is 25.8. The molecule has 3 heterocycles. The van der Waals surface area contributed by atoms with Crippen LogP contribution in [0.4, 0.5) is 5.95 Å². The highest BCUT2D eigenvalue weighted by Crippen LogP contribution is 2.38. The summed E-state index contributed by atoms with van der Waals surface area (Å²) >= 11 is 0. The van der Waals surface area contributed by atoms with Crippen molar-refractivity contribution in [2.45, 2.75) is 50.7 Å². The minimum Gasteiger partial charge on any atom is -0.405 e. The summed E-state index contributed by atoms with van der Waals surface area (Å²) in [5, 5.41) is 17.9. The molecule has 0 saturated carbocycles. The predicted octanol–water partition coefficient (Wildman–Crippen LogP) is 2.57. The largest absolute Gasteiger partial charge is 0.405 e. The first-order valence-corrected chi connectivity index (χ1v) is 15.3. The van der Waals surface area contributed by atoms with Crippen LogP contribution in [0.5, 0.6) is 0 Å². The van der Waals surface area contributed by atoms with Gasteiger partial charge in [0.15, 0.2) is 11.9 Å². The van der Waals surface area contributed by atoms with Crippen molar-refractivity contribution in [3.63, 3.8) is 0 Å². The van der Waals surface area contributed by atoms with E-state index in [1.807, 2.05) is 50.5 Å². The van der Waals surface area contributed by atoms with Crippen LogP contribution >= 0.6 is 0 Å². The number of aliphatic imine (C=N–C) groups is 1. The molecule has 1 aliphatic heterocycles. The number of rotatable bonds is 8. The SMILES string of the molecule is CN(C)C=Nc1nc2c(cnn2[C@H]2CC(O)[C@@H](CO[Si](c3ccccc3)(c3ccccc3)C(C)(C)C)O2)c(=O)[nH]1. The molecule has 0 radical (unpaired) electrons. The van der Waals surface area contributed by atoms with E-state index in [0.29, 0.717) is 11.0 Å². The lowest BCUT2D eigenvalue weighted by molar-refractivity contribution is -0.0438. The number of nitrogens with zero attached hydrogens (tertiary/aromatic N) is 5. The molecule has 4 aromatic rings. The fourth-order valence-electron chi connectivity index (χ4n) is 5.35. The van der Waals surface area contributed by atoms with Crippen LogP contribution < -0.4 is 15.9 Å². The van der Waals surface area contributed by atoms with Crippen LogP contribution in [-0.4, -0.2) is 77.3 Å². The topological polar surface area (TPSA) is 118 Å². The van der Waals surface area contributed by atoms with Gasteiger partial charge >= 0.3 is 0 Å². The number of aromatic amines is 1. The van der Waals surface area contributed by atoms with Gasteiger partial charge in [0.1, 0.15) is 11.5 Å². The summed E-state index contributed by atoms with van der Waals surface area (Å²) in [5.74, 6) is 0.165. The van der Waals surface area contributed by atoms with Crippen molar-refractivity contribution in [1.82, 2.24) is 24.6 Å². The Morgan fingerprint density at radius 1 is 1.15 bits per heavy atom. The first-order valence-electron chi connectivity index (χ1n) is 13.4. The van der Waals surface area contributed by atoms with Crippen LogP contribution in [0, 0.1) is 0 Å². The maximum atomic E-state index is 12.6. The lowest BCUT2D eigenvalue weighted by Crippen LogP contribution is -2.67. The van der Waals surface area contributed by atoms with E-state index in [9.17, 15) is 9.90 Å². The van der Waals surface area contributed by atoms with Gasteiger partial charge in [0.2, 0.25) is 5.95 Å². The molecular weight excluding hydrogens is 524 g/mol. The molecule has 1 unspecified atom stereocenters. The summed E-state index contributed by atoms with van der Waals surface area (Å²) in [5.41, 5.74) is 0.00711. The maximum Gasteiger partial charge on any atom is 0.263 e. The van der Waals surface area contributed by atoms with Gasteiger partial charge in [-0.05, 0) is 15.4 Å². The van der Waals surface area contributed by atoms with Gasteiger partial charge in [-0.2, -0.15) is 10.1 Å². The third-order valence-electron chi connectivity index (χ3n) is 7.22. The molecule has 2 aromatic carbocycles. The van der Waals surface area contributed by atoms with Gasteiger partial charge in [-0.15, -0.1) is 0 Å². The molecule has 0 bridgehead atoms. The molecule has 40 heavy (non-hydrogen) atoms. The number of aliphatic hydroxyl groups excluding tert-OH is 1. The van der Waals surface area contributed by atoms with E-state index in [1.54, 1.807) is 15.9 Å². The molecule has 1 aliphatic rings. The van der Waals surface area contributed by atoms with Gasteiger partial charge in [0, 0.05) is 20.5 Å². The Hall–Kier alpha value is -3.64. The molecule has 2 N–H and O–H groups in total. The van der Waals surface area contributed by atoms with Crippen molar-refractivity contribution in [1.29, 1.82) is 0 Å². The van der Waals surface area contributed by atoms with Crippen molar-refractivity contribution in [2.75, 3.05) is 20.7 Å². The zero-order chi connectivity index (χ0) is 28.5. The Bertz CT molecular complexity index is 1490. The zero-order valence-electron chi connectivity index (χ0n) is 23.5. The highest BCUT2D eigenvalue weighted by Gasteiger charge is 2.51. The summed E-state index contributed by atoms with van der Waals surface area (Å²) < 4.78 is 14.9. The second kappa shape index (κ2) is 11.1. The van der Waals surface area contributed by atoms with Crippen molar-refractivity contribution in [3.8, 4) is 0 Å². The smallest absolute Gasteiger partial charge is 0.263 e. The van der Waals surface area contributed by atoms with Crippen molar-refractivity contribution in [3.05, 3.63) is 77.2 Å². The standard InChI is InChI=1S/C29H36N6O4Si/c1-29(2,3)40(20-12-8-6-9-13-20,21-14-10-7-11-15-21)38-18-24-23(36)16-25(39-24)35-26-22(17-31-35)27(37)33-28(32-26)30-19-34(4)5/h6-15,17,19,23-25,36H,16,18H2,1-5H3,(H,32,33,37)/t23?,24-,25-/m1/s1. The normalized spacial score (nSPS) is 20.0. The quantitative estimate of drug-likeness (QED) is 0.193. The molecule has 3 atom stereocenters. The summed E-state index contributed by atoms with van der Waals surface area (Å²) in [7, 11) is 0.850. The van der Waals surface area contributed by atoms with Crippen molar-refractivity contribution in [2.24, 2.45) is 4.99 Å². The minimum atomic E-state index is -2.80. The Balaban J connectivity index is 1.44. The van der Waals surface area contributed by atoms with Gasteiger partial charge in [-0.25, -0.2) is 9.67 Å². The molecule has 5 rings (SSSR count). The van der Waals surface area contributed by atoms with Crippen LogP contribution in [0.2, 0.25) is 5.04 Å². The number of aromatic nitrogens is 4. The lowest BCUT2D eigenvalue weighted by Gasteiger charge is -2.43. The zero-order valence-corrected chi connectivity index (χ0v) is 24.5. The summed E-state index contributed by atoms with van der Waals surface area (Å²) in [6, 6.07) is 20.7. The van der Waals surface area contributed by atoms with Gasteiger partial charge in [0.05, 0.1) is 25.2 Å². The Morgan fingerprint density at radius 3 is 2.35 bits per heavy atom. The highest BCUT2D eigenvalue weighted by molar-refractivity contribution is 6.99. The molecule has 2 aromatic heterocycles. The summed E-state index contributed by atoms with van der Waals surface area (Å²) in [6.45, 7) is 6.84. The molecule has 11 heteroatoms. The first kappa shape index (κ1) is 27.9. The van der Waals surface area contributed by atoms with Crippen LogP contribution in [-0.2, 0) is 9.16 Å². The lowest BCUT2D eigenvalue weighted by atomic mass is 10.2. The maximum absolute atomic E-state index is 12.6. The molecule has 210 valence electrons. The number of aliphatic hydroxyl groups is 1. The monoisotopic (exact) mass is 560 g/mol. The van der Waals surface area contributed by atoms with Gasteiger partial charge in [-0.1, -0.05) is 81.4 Å². The molecule has 10 nitrogen and oxygen atoms in total. The van der Waals surface area contributed by atoms with E-state index < -0.39 is 26.8 Å². The fraction of sp³-hybridized carbons (Fsp3) is 0.379. The third kappa shape index (κ3) is 5.25. The number of nitrogens with one attached hydrogen (secondary N) is 1. The van der Waals surface area contributed by atoms with Crippen molar-refractivity contribution >= 4 is 42.0 Å². The average Bonchev–Trinajstić information content (AvgIpc) is 3.52. The molecular formula is C29H36N6O4Si. The Kier molecular flexibility index (Phi) is 7.73. The predicted molar refractivity (Wildman–Crippen MR) is 158 cm³/mol. The first-order chi connectivity index (χ1) is 19.1. The number of fused-ring (bicyclic) bond motifs is 1. The second-order valence-electron chi connectivity index (χ2n) is 11.3. The van der Waals surface area contributed by atoms with Crippen LogP contribution in [0.15, 0.2) is 76.6 Å². The van der Waals surface area contributed by atoms with Gasteiger partial charge < -0.3 is 19.2 Å². The van der Waals surface area contributed by atoms with Crippen LogP contribution in [0.3, 0.4) is 0 Å². The molecule has 0 aliphatic carbocycles. The molecule has 0 amide bonds. The van der Waals surface area contributed by atoms with Gasteiger partial charge in [-0.3, -0.25) is 9.78 Å².